The first-order valence-corrected chi connectivity index (χ1v) is 8.64. The molecule has 2 heteroatoms. The van der Waals surface area contributed by atoms with Crippen molar-refractivity contribution in [3.63, 3.8) is 0 Å². The SMILES string of the molecule is CC1(C)CCCNC1CN1CCCC2CCCCC21. The monoisotopic (exact) mass is 264 g/mol. The molecule has 110 valence electrons. The summed E-state index contributed by atoms with van der Waals surface area (Å²) >= 11 is 0. The van der Waals surface area contributed by atoms with Crippen molar-refractivity contribution >= 4 is 0 Å². The first kappa shape index (κ1) is 13.9. The lowest BCUT2D eigenvalue weighted by molar-refractivity contribution is 0.0303. The molecule has 3 atom stereocenters. The Hall–Kier alpha value is -0.0800. The van der Waals surface area contributed by atoms with Gasteiger partial charge in [-0.3, -0.25) is 4.90 Å². The van der Waals surface area contributed by atoms with E-state index in [0.717, 1.165) is 12.0 Å². The molecule has 3 unspecified atom stereocenters. The number of nitrogens with one attached hydrogen (secondary N) is 1. The Morgan fingerprint density at radius 3 is 2.68 bits per heavy atom. The summed E-state index contributed by atoms with van der Waals surface area (Å²) in [7, 11) is 0. The van der Waals surface area contributed by atoms with Gasteiger partial charge in [-0.2, -0.15) is 0 Å². The van der Waals surface area contributed by atoms with Crippen molar-refractivity contribution < 1.29 is 0 Å². The number of nitrogens with zero attached hydrogens (tertiary/aromatic N) is 1. The highest BCUT2D eigenvalue weighted by molar-refractivity contribution is 4.94. The van der Waals surface area contributed by atoms with Crippen LogP contribution in [0.5, 0.6) is 0 Å². The molecule has 1 N–H and O–H groups in total. The summed E-state index contributed by atoms with van der Waals surface area (Å²) in [6.45, 7) is 8.82. The molecule has 2 heterocycles. The molecule has 1 aliphatic carbocycles. The fourth-order valence-corrected chi connectivity index (χ4v) is 4.77. The Morgan fingerprint density at radius 1 is 1.05 bits per heavy atom. The number of hydrogen-bond acceptors (Lipinski definition) is 2. The lowest BCUT2D eigenvalue weighted by Crippen LogP contribution is -2.57. The van der Waals surface area contributed by atoms with Crippen molar-refractivity contribution in [3.05, 3.63) is 0 Å². The van der Waals surface area contributed by atoms with Crippen LogP contribution < -0.4 is 5.32 Å². The van der Waals surface area contributed by atoms with E-state index in [1.807, 2.05) is 0 Å². The summed E-state index contributed by atoms with van der Waals surface area (Å²) in [5, 5.41) is 3.81. The van der Waals surface area contributed by atoms with Crippen LogP contribution in [0.2, 0.25) is 0 Å². The molecule has 0 amide bonds. The van der Waals surface area contributed by atoms with Crippen molar-refractivity contribution in [2.24, 2.45) is 11.3 Å². The zero-order valence-corrected chi connectivity index (χ0v) is 13.0. The molecule has 1 saturated carbocycles. The van der Waals surface area contributed by atoms with Gasteiger partial charge in [0.15, 0.2) is 0 Å². The van der Waals surface area contributed by atoms with Crippen LogP contribution in [0.1, 0.15) is 65.2 Å². The number of rotatable bonds is 2. The van der Waals surface area contributed by atoms with Gasteiger partial charge in [-0.25, -0.2) is 0 Å². The van der Waals surface area contributed by atoms with Crippen molar-refractivity contribution in [2.45, 2.75) is 77.3 Å². The summed E-state index contributed by atoms with van der Waals surface area (Å²) in [6.07, 6.45) is 11.6. The van der Waals surface area contributed by atoms with Gasteiger partial charge in [0.1, 0.15) is 0 Å². The van der Waals surface area contributed by atoms with Gasteiger partial charge in [0.25, 0.3) is 0 Å². The summed E-state index contributed by atoms with van der Waals surface area (Å²) in [4.78, 5) is 2.86. The summed E-state index contributed by atoms with van der Waals surface area (Å²) in [6, 6.07) is 1.63. The lowest BCUT2D eigenvalue weighted by Gasteiger charge is -2.48. The average molecular weight is 264 g/mol. The first-order valence-electron chi connectivity index (χ1n) is 8.64. The molecule has 3 fully saturated rings. The van der Waals surface area contributed by atoms with Crippen molar-refractivity contribution in [3.8, 4) is 0 Å². The van der Waals surface area contributed by atoms with Gasteiger partial charge in [0, 0.05) is 18.6 Å². The molecule has 19 heavy (non-hydrogen) atoms. The molecule has 0 aromatic carbocycles. The number of piperidine rings is 2. The Labute approximate surface area is 119 Å². The van der Waals surface area contributed by atoms with Crippen molar-refractivity contribution in [2.75, 3.05) is 19.6 Å². The van der Waals surface area contributed by atoms with E-state index in [1.165, 1.54) is 71.0 Å². The highest BCUT2D eigenvalue weighted by Gasteiger charge is 2.38. The van der Waals surface area contributed by atoms with Gasteiger partial charge in [0.05, 0.1) is 0 Å². The second-order valence-electron chi connectivity index (χ2n) is 7.85. The molecule has 2 saturated heterocycles. The molecule has 3 aliphatic rings. The molecule has 3 rings (SSSR count). The fourth-order valence-electron chi connectivity index (χ4n) is 4.77. The minimum Gasteiger partial charge on any atom is -0.312 e. The molecule has 2 nitrogen and oxygen atoms in total. The summed E-state index contributed by atoms with van der Waals surface area (Å²) in [5.41, 5.74) is 0.486. The molecule has 0 aromatic heterocycles. The van der Waals surface area contributed by atoms with E-state index in [1.54, 1.807) is 0 Å². The third kappa shape index (κ3) is 3.00. The van der Waals surface area contributed by atoms with Crippen LogP contribution in [0, 0.1) is 11.3 Å². The molecule has 0 aromatic rings. The predicted octanol–water partition coefficient (Wildman–Crippen LogP) is 3.42. The Kier molecular flexibility index (Phi) is 4.19. The second kappa shape index (κ2) is 5.73. The van der Waals surface area contributed by atoms with Crippen LogP contribution in [0.15, 0.2) is 0 Å². The van der Waals surface area contributed by atoms with Gasteiger partial charge in [0.2, 0.25) is 0 Å². The average Bonchev–Trinajstić information content (AvgIpc) is 2.41. The van der Waals surface area contributed by atoms with E-state index in [2.05, 4.69) is 24.1 Å². The van der Waals surface area contributed by atoms with E-state index < -0.39 is 0 Å². The molecule has 0 bridgehead atoms. The zero-order chi connectivity index (χ0) is 13.3. The van der Waals surface area contributed by atoms with Gasteiger partial charge < -0.3 is 5.32 Å². The normalized spacial score (nSPS) is 39.8. The number of likely N-dealkylation sites (tertiary alicyclic amines) is 1. The van der Waals surface area contributed by atoms with E-state index in [4.69, 9.17) is 0 Å². The zero-order valence-electron chi connectivity index (χ0n) is 13.0. The minimum atomic E-state index is 0.486. The lowest BCUT2D eigenvalue weighted by atomic mass is 9.75. The maximum Gasteiger partial charge on any atom is 0.0246 e. The molecule has 0 radical (unpaired) electrons. The number of fused-ring (bicyclic) bond motifs is 1. The van der Waals surface area contributed by atoms with E-state index >= 15 is 0 Å². The highest BCUT2D eigenvalue weighted by atomic mass is 15.2. The first-order chi connectivity index (χ1) is 9.17. The number of hydrogen-bond donors (Lipinski definition) is 1. The van der Waals surface area contributed by atoms with Crippen LogP contribution in [0.25, 0.3) is 0 Å². The standard InChI is InChI=1S/C17H32N2/c1-17(2)10-6-11-18-16(17)13-19-12-5-8-14-7-3-4-9-15(14)19/h14-16,18H,3-13H2,1-2H3. The molecule has 0 spiro atoms. The maximum atomic E-state index is 3.81. The largest absolute Gasteiger partial charge is 0.312 e. The third-order valence-electron chi connectivity index (χ3n) is 6.11. The fraction of sp³-hybridized carbons (Fsp3) is 1.00. The van der Waals surface area contributed by atoms with Gasteiger partial charge in [-0.1, -0.05) is 26.7 Å². The van der Waals surface area contributed by atoms with Gasteiger partial charge in [-0.15, -0.1) is 0 Å². The Bertz CT molecular complexity index is 298. The van der Waals surface area contributed by atoms with Crippen molar-refractivity contribution in [1.82, 2.24) is 10.2 Å². The highest BCUT2D eigenvalue weighted by Crippen LogP contribution is 2.37. The van der Waals surface area contributed by atoms with E-state index in [0.29, 0.717) is 11.5 Å². The molecule has 2 aliphatic heterocycles. The Morgan fingerprint density at radius 2 is 1.84 bits per heavy atom. The van der Waals surface area contributed by atoms with Crippen molar-refractivity contribution in [1.29, 1.82) is 0 Å². The molecular formula is C17H32N2. The third-order valence-corrected chi connectivity index (χ3v) is 6.11. The second-order valence-corrected chi connectivity index (χ2v) is 7.85. The van der Waals surface area contributed by atoms with Crippen LogP contribution in [0.4, 0.5) is 0 Å². The summed E-state index contributed by atoms with van der Waals surface area (Å²) < 4.78 is 0. The van der Waals surface area contributed by atoms with Gasteiger partial charge >= 0.3 is 0 Å². The predicted molar refractivity (Wildman–Crippen MR) is 81.4 cm³/mol. The van der Waals surface area contributed by atoms with Crippen LogP contribution >= 0.6 is 0 Å². The smallest absolute Gasteiger partial charge is 0.0246 e. The maximum absolute atomic E-state index is 3.81. The molecular weight excluding hydrogens is 232 g/mol. The minimum absolute atomic E-state index is 0.486. The summed E-state index contributed by atoms with van der Waals surface area (Å²) in [5.74, 6) is 1.02. The van der Waals surface area contributed by atoms with Crippen LogP contribution in [0.3, 0.4) is 0 Å². The van der Waals surface area contributed by atoms with E-state index in [9.17, 15) is 0 Å². The van der Waals surface area contributed by atoms with Crippen LogP contribution in [-0.2, 0) is 0 Å². The van der Waals surface area contributed by atoms with Gasteiger partial charge in [-0.05, 0) is 62.9 Å². The van der Waals surface area contributed by atoms with Crippen LogP contribution in [-0.4, -0.2) is 36.6 Å². The van der Waals surface area contributed by atoms with E-state index in [-0.39, 0.29) is 0 Å². The Balaban J connectivity index is 1.64. The quantitative estimate of drug-likeness (QED) is 0.822. The topological polar surface area (TPSA) is 15.3 Å².